The second-order valence-electron chi connectivity index (χ2n) is 6.20. The van der Waals surface area contributed by atoms with Crippen LogP contribution in [-0.2, 0) is 15.7 Å². The number of esters is 1. The molecule has 3 rings (SSSR count). The highest BCUT2D eigenvalue weighted by Gasteiger charge is 2.32. The molecule has 1 unspecified atom stereocenters. The van der Waals surface area contributed by atoms with E-state index in [1.807, 2.05) is 0 Å². The van der Waals surface area contributed by atoms with Gasteiger partial charge in [0.05, 0.1) is 33.4 Å². The van der Waals surface area contributed by atoms with E-state index in [1.54, 1.807) is 48.9 Å². The van der Waals surface area contributed by atoms with Gasteiger partial charge in [0.2, 0.25) is 0 Å². The lowest BCUT2D eigenvalue weighted by Crippen LogP contribution is -2.26. The zero-order chi connectivity index (χ0) is 21.3. The topological polar surface area (TPSA) is 40.5 Å². The van der Waals surface area contributed by atoms with Crippen LogP contribution in [-0.4, -0.2) is 23.2 Å². The lowest BCUT2D eigenvalue weighted by molar-refractivity contribution is -0.150. The first kappa shape index (κ1) is 21.3. The molecule has 1 heterocycles. The van der Waals surface area contributed by atoms with Crippen LogP contribution in [0, 0.1) is 0 Å². The van der Waals surface area contributed by atoms with E-state index in [9.17, 15) is 18.0 Å². The average Bonchev–Trinajstić information content (AvgIpc) is 3.03. The third kappa shape index (κ3) is 4.46. The molecular formula is C20H16Cl2F3NO3. The van der Waals surface area contributed by atoms with Gasteiger partial charge in [-0.25, -0.2) is 4.79 Å². The van der Waals surface area contributed by atoms with Gasteiger partial charge < -0.3 is 14.0 Å². The number of carbonyl (C=O) groups excluding carboxylic acids is 1. The standard InChI is InChI=1S/C20H16Cl2F3NO3/c1-3-28-19(27)11(2)29-14-5-4-12-6-7-26(17(12)10-14)18-15(21)8-13(9-16(18)22)20(23,24)25/h4-11H,3H2,1-2H3. The van der Waals surface area contributed by atoms with Crippen molar-refractivity contribution in [3.05, 3.63) is 58.2 Å². The Kier molecular flexibility index (Phi) is 6.00. The number of ether oxygens (including phenoxy) is 2. The zero-order valence-electron chi connectivity index (χ0n) is 15.4. The van der Waals surface area contributed by atoms with Crippen molar-refractivity contribution in [3.63, 3.8) is 0 Å². The number of carbonyl (C=O) groups is 1. The quantitative estimate of drug-likeness (QED) is 0.433. The molecule has 2 aromatic carbocycles. The minimum Gasteiger partial charge on any atom is -0.479 e. The Morgan fingerprint density at radius 3 is 2.38 bits per heavy atom. The van der Waals surface area contributed by atoms with Crippen LogP contribution >= 0.6 is 23.2 Å². The van der Waals surface area contributed by atoms with E-state index in [1.165, 1.54) is 0 Å². The van der Waals surface area contributed by atoms with Crippen LogP contribution < -0.4 is 4.74 Å². The predicted octanol–water partition coefficient (Wildman–Crippen LogP) is 6.29. The van der Waals surface area contributed by atoms with Gasteiger partial charge in [-0.1, -0.05) is 23.2 Å². The number of halogens is 5. The van der Waals surface area contributed by atoms with Crippen LogP contribution in [0.5, 0.6) is 5.75 Å². The third-order valence-electron chi connectivity index (χ3n) is 4.18. The minimum atomic E-state index is -4.56. The van der Waals surface area contributed by atoms with E-state index in [0.717, 1.165) is 17.5 Å². The molecule has 0 radical (unpaired) electrons. The molecule has 29 heavy (non-hydrogen) atoms. The molecule has 1 aromatic heterocycles. The van der Waals surface area contributed by atoms with Crippen molar-refractivity contribution >= 4 is 40.1 Å². The maximum absolute atomic E-state index is 13.0. The smallest absolute Gasteiger partial charge is 0.416 e. The molecule has 0 saturated heterocycles. The summed E-state index contributed by atoms with van der Waals surface area (Å²) in [6, 6.07) is 8.51. The summed E-state index contributed by atoms with van der Waals surface area (Å²) in [6.45, 7) is 3.49. The van der Waals surface area contributed by atoms with Crippen molar-refractivity contribution in [2.45, 2.75) is 26.1 Å². The molecule has 154 valence electrons. The Bertz CT molecular complexity index is 1040. The molecular weight excluding hydrogens is 430 g/mol. The first-order valence-electron chi connectivity index (χ1n) is 8.62. The van der Waals surface area contributed by atoms with Crippen molar-refractivity contribution in [2.24, 2.45) is 0 Å². The van der Waals surface area contributed by atoms with Crippen LogP contribution in [0.3, 0.4) is 0 Å². The largest absolute Gasteiger partial charge is 0.479 e. The van der Waals surface area contributed by atoms with Crippen molar-refractivity contribution in [2.75, 3.05) is 6.61 Å². The lowest BCUT2D eigenvalue weighted by Gasteiger charge is -2.16. The summed E-state index contributed by atoms with van der Waals surface area (Å²) in [5.41, 5.74) is -0.117. The summed E-state index contributed by atoms with van der Waals surface area (Å²) in [7, 11) is 0. The Morgan fingerprint density at radius 1 is 1.14 bits per heavy atom. The molecule has 0 fully saturated rings. The first-order valence-corrected chi connectivity index (χ1v) is 9.38. The summed E-state index contributed by atoms with van der Waals surface area (Å²) < 4.78 is 51.1. The van der Waals surface area contributed by atoms with Crippen molar-refractivity contribution in [1.29, 1.82) is 0 Å². The number of nitrogens with zero attached hydrogens (tertiary/aromatic N) is 1. The van der Waals surface area contributed by atoms with Gasteiger partial charge in [0.1, 0.15) is 5.75 Å². The van der Waals surface area contributed by atoms with Gasteiger partial charge in [0, 0.05) is 17.6 Å². The summed E-state index contributed by atoms with van der Waals surface area (Å²) >= 11 is 12.3. The molecule has 3 aromatic rings. The maximum Gasteiger partial charge on any atom is 0.416 e. The van der Waals surface area contributed by atoms with Crippen LogP contribution in [0.2, 0.25) is 10.0 Å². The number of aromatic nitrogens is 1. The van der Waals surface area contributed by atoms with Gasteiger partial charge in [0.15, 0.2) is 6.10 Å². The van der Waals surface area contributed by atoms with Crippen LogP contribution in [0.4, 0.5) is 13.2 Å². The van der Waals surface area contributed by atoms with E-state index >= 15 is 0 Å². The van der Waals surface area contributed by atoms with Crippen molar-refractivity contribution in [1.82, 2.24) is 4.57 Å². The first-order chi connectivity index (χ1) is 13.6. The fourth-order valence-corrected chi connectivity index (χ4v) is 3.52. The lowest BCUT2D eigenvalue weighted by atomic mass is 10.2. The number of rotatable bonds is 5. The second-order valence-corrected chi connectivity index (χ2v) is 7.02. The van der Waals surface area contributed by atoms with Gasteiger partial charge in [-0.05, 0) is 44.2 Å². The van der Waals surface area contributed by atoms with Crippen LogP contribution in [0.25, 0.3) is 16.6 Å². The van der Waals surface area contributed by atoms with Gasteiger partial charge >= 0.3 is 12.1 Å². The second kappa shape index (κ2) is 8.16. The molecule has 9 heteroatoms. The molecule has 0 aliphatic heterocycles. The highest BCUT2D eigenvalue weighted by atomic mass is 35.5. The fraction of sp³-hybridized carbons (Fsp3) is 0.250. The molecule has 0 N–H and O–H groups in total. The molecule has 0 saturated carbocycles. The number of hydrogen-bond donors (Lipinski definition) is 0. The van der Waals surface area contributed by atoms with Gasteiger partial charge in [-0.2, -0.15) is 13.2 Å². The van der Waals surface area contributed by atoms with E-state index in [4.69, 9.17) is 32.7 Å². The molecule has 0 aliphatic carbocycles. The number of benzene rings is 2. The maximum atomic E-state index is 13.0. The van der Waals surface area contributed by atoms with E-state index in [0.29, 0.717) is 11.3 Å². The Balaban J connectivity index is 2.02. The molecule has 0 amide bonds. The summed E-state index contributed by atoms with van der Waals surface area (Å²) in [5.74, 6) is -0.117. The number of fused-ring (bicyclic) bond motifs is 1. The Morgan fingerprint density at radius 2 is 1.79 bits per heavy atom. The SMILES string of the molecule is CCOC(=O)C(C)Oc1ccc2ccn(-c3c(Cl)cc(C(F)(F)F)cc3Cl)c2c1. The highest BCUT2D eigenvalue weighted by Crippen LogP contribution is 2.39. The Hall–Kier alpha value is -2.38. The number of alkyl halides is 3. The molecule has 4 nitrogen and oxygen atoms in total. The highest BCUT2D eigenvalue weighted by molar-refractivity contribution is 6.38. The molecule has 0 aliphatic rings. The predicted molar refractivity (Wildman–Crippen MR) is 105 cm³/mol. The van der Waals surface area contributed by atoms with Crippen molar-refractivity contribution < 1.29 is 27.4 Å². The van der Waals surface area contributed by atoms with Gasteiger partial charge in [-0.15, -0.1) is 0 Å². The molecule has 0 bridgehead atoms. The third-order valence-corrected chi connectivity index (χ3v) is 4.76. The van der Waals surface area contributed by atoms with Gasteiger partial charge in [-0.3, -0.25) is 0 Å². The van der Waals surface area contributed by atoms with Crippen LogP contribution in [0.15, 0.2) is 42.6 Å². The fourth-order valence-electron chi connectivity index (χ4n) is 2.85. The van der Waals surface area contributed by atoms with Crippen LogP contribution in [0.1, 0.15) is 19.4 Å². The van der Waals surface area contributed by atoms with Crippen molar-refractivity contribution in [3.8, 4) is 11.4 Å². The summed E-state index contributed by atoms with van der Waals surface area (Å²) in [6.07, 6.45) is -3.74. The van der Waals surface area contributed by atoms with Gasteiger partial charge in [0.25, 0.3) is 0 Å². The summed E-state index contributed by atoms with van der Waals surface area (Å²) in [4.78, 5) is 11.8. The average molecular weight is 446 g/mol. The molecule has 1 atom stereocenters. The van der Waals surface area contributed by atoms with E-state index in [2.05, 4.69) is 0 Å². The molecule has 0 spiro atoms. The normalized spacial score (nSPS) is 12.8. The van der Waals surface area contributed by atoms with E-state index in [-0.39, 0.29) is 22.3 Å². The minimum absolute atomic E-state index is 0.145. The van der Waals surface area contributed by atoms with E-state index < -0.39 is 23.8 Å². The zero-order valence-corrected chi connectivity index (χ0v) is 16.9. The number of hydrogen-bond acceptors (Lipinski definition) is 3. The Labute approximate surface area is 174 Å². The monoisotopic (exact) mass is 445 g/mol. The summed E-state index contributed by atoms with van der Waals surface area (Å²) in [5, 5.41) is 0.496.